The van der Waals surface area contributed by atoms with Gasteiger partial charge in [-0.25, -0.2) is 33.7 Å². The highest BCUT2D eigenvalue weighted by Crippen LogP contribution is 2.64. The molecule has 8 heterocycles. The van der Waals surface area contributed by atoms with Crippen molar-refractivity contribution >= 4 is 63.0 Å². The number of H-pyrrole nitrogens is 2. The van der Waals surface area contributed by atoms with Gasteiger partial charge < -0.3 is 36.5 Å². The zero-order valence-corrected chi connectivity index (χ0v) is 41.7. The molecule has 378 valence electrons. The summed E-state index contributed by atoms with van der Waals surface area (Å²) in [5.41, 5.74) is 23.9. The topological polar surface area (TPSA) is 243 Å². The van der Waals surface area contributed by atoms with E-state index in [0.29, 0.717) is 87.3 Å². The van der Waals surface area contributed by atoms with Crippen LogP contribution in [0.1, 0.15) is 24.0 Å². The van der Waals surface area contributed by atoms with Crippen LogP contribution in [-0.2, 0) is 17.9 Å². The molecule has 0 amide bonds. The lowest BCUT2D eigenvalue weighted by Gasteiger charge is -2.26. The Labute approximate surface area is 432 Å². The molecule has 0 unspecified atom stereocenters. The summed E-state index contributed by atoms with van der Waals surface area (Å²) in [6.45, 7) is 3.95. The number of rotatable bonds is 11. The average molecular weight is 1040 g/mol. The summed E-state index contributed by atoms with van der Waals surface area (Å²) in [5, 5.41) is 19.5. The third-order valence-corrected chi connectivity index (χ3v) is 16.7. The predicted octanol–water partition coefficient (Wildman–Crippen LogP) is 7.84. The summed E-state index contributed by atoms with van der Waals surface area (Å²) in [4.78, 5) is 27.7. The Morgan fingerprint density at radius 3 is 1.77 bits per heavy atom. The zero-order chi connectivity index (χ0) is 51.0. The number of aromatic amines is 2. The van der Waals surface area contributed by atoms with Crippen molar-refractivity contribution in [2.45, 2.75) is 23.7 Å². The quantitative estimate of drug-likeness (QED) is 0.0829. The van der Waals surface area contributed by atoms with Gasteiger partial charge in [-0.1, -0.05) is 59.6 Å². The summed E-state index contributed by atoms with van der Waals surface area (Å²) in [5.74, 6) is 3.99. The van der Waals surface area contributed by atoms with Crippen LogP contribution < -0.4 is 36.5 Å². The molecule has 2 aliphatic carbocycles. The Morgan fingerprint density at radius 1 is 0.689 bits per heavy atom. The minimum atomic E-state index is -0.332. The summed E-state index contributed by atoms with van der Waals surface area (Å²) >= 11 is 13.2. The number of hydrogen-bond donors (Lipinski definition) is 5. The number of hydrogen-bond acceptors (Lipinski definition) is 15. The number of pyridine rings is 1. The van der Waals surface area contributed by atoms with E-state index in [2.05, 4.69) is 45.3 Å². The van der Waals surface area contributed by atoms with E-state index >= 15 is 0 Å². The van der Waals surface area contributed by atoms with Crippen molar-refractivity contribution in [3.05, 3.63) is 130 Å². The fourth-order valence-corrected chi connectivity index (χ4v) is 12.5. The smallest absolute Gasteiger partial charge is 0.238 e. The monoisotopic (exact) mass is 1040 g/mol. The van der Waals surface area contributed by atoms with E-state index in [1.807, 2.05) is 24.3 Å². The van der Waals surface area contributed by atoms with Crippen LogP contribution in [0.3, 0.4) is 0 Å². The molecular formula is C52H50Cl2F2N16O2. The largest absolute Gasteiger partial charge is 0.493 e. The molecule has 13 rings (SSSR count). The lowest BCUT2D eigenvalue weighted by molar-refractivity contribution is 0.415. The molecule has 74 heavy (non-hydrogen) atoms. The number of anilines is 3. The molecule has 9 aromatic rings. The molecule has 2 aliphatic heterocycles. The van der Waals surface area contributed by atoms with Crippen molar-refractivity contribution < 1.29 is 18.3 Å². The van der Waals surface area contributed by atoms with Gasteiger partial charge >= 0.3 is 0 Å². The molecule has 18 nitrogen and oxygen atoms in total. The molecule has 0 radical (unpaired) electrons. The number of aryl methyl sites for hydroxylation is 1. The maximum atomic E-state index is 14.7. The summed E-state index contributed by atoms with van der Waals surface area (Å²) in [7, 11) is 3.34. The van der Waals surface area contributed by atoms with E-state index in [0.717, 1.165) is 61.8 Å². The van der Waals surface area contributed by atoms with E-state index in [1.54, 1.807) is 79.9 Å². The van der Waals surface area contributed by atoms with Crippen LogP contribution in [0.25, 0.3) is 45.0 Å². The Kier molecular flexibility index (Phi) is 11.8. The first-order valence-corrected chi connectivity index (χ1v) is 25.0. The Bertz CT molecular complexity index is 3610. The normalized spacial score (nSPS) is 22.8. The standard InChI is InChI=1S/C28H25Cl2FN8O.C24H25FN8O/c1-38-10-9-22(37-38)40-20-7-6-15(23(29)24(20)30)25-26-27(36-35-25)34-21(12-33-26)39-11-8-16-18(13-39)28(16,14-32)17-4-2-3-5-19(17)31;1-34-18-7-6-17(29-22(18)27)20-21-23(32-31-20)30-19(10-28-21)33-9-8-13-15(11-33)24(13,12-26)14-4-2-3-5-16(14)25/h2-7,9-10,12,16,18H,8,11,13-14,32H2,1H3,(H,34,35,36);2-7,10,13,15H,8-9,11-12,26H2,1H3,(H2,27,29)(H,30,31,32)/t16-,18+,28-;13-,15+,24-/m11/s1. The molecule has 0 bridgehead atoms. The highest BCUT2D eigenvalue weighted by molar-refractivity contribution is 6.44. The third-order valence-electron chi connectivity index (χ3n) is 15.8. The number of nitrogen functional groups attached to an aromatic ring is 1. The van der Waals surface area contributed by atoms with Crippen molar-refractivity contribution in [3.8, 4) is 40.0 Å². The number of methoxy groups -OCH3 is 1. The van der Waals surface area contributed by atoms with Gasteiger partial charge in [0.05, 0.1) is 30.2 Å². The second-order valence-electron chi connectivity index (χ2n) is 19.3. The lowest BCUT2D eigenvalue weighted by Crippen LogP contribution is -2.32. The van der Waals surface area contributed by atoms with Crippen LogP contribution in [0, 0.1) is 35.3 Å². The second kappa shape index (κ2) is 18.4. The lowest BCUT2D eigenvalue weighted by atomic mass is 9.91. The van der Waals surface area contributed by atoms with Crippen molar-refractivity contribution in [2.75, 3.05) is 61.9 Å². The number of benzene rings is 3. The number of nitrogens with one attached hydrogen (secondary N) is 2. The first kappa shape index (κ1) is 47.5. The number of nitrogens with zero attached hydrogens (tertiary/aromatic N) is 11. The van der Waals surface area contributed by atoms with E-state index in [1.165, 1.54) is 12.1 Å². The van der Waals surface area contributed by atoms with Crippen LogP contribution in [-0.4, -0.2) is 101 Å². The van der Waals surface area contributed by atoms with Gasteiger partial charge in [0.25, 0.3) is 0 Å². The van der Waals surface area contributed by atoms with Gasteiger partial charge in [0.15, 0.2) is 22.9 Å². The Hall–Kier alpha value is -7.52. The minimum Gasteiger partial charge on any atom is -0.493 e. The molecule has 4 fully saturated rings. The van der Waals surface area contributed by atoms with E-state index in [-0.39, 0.29) is 50.2 Å². The average Bonchev–Trinajstić information content (AvgIpc) is 3.91. The van der Waals surface area contributed by atoms with E-state index in [9.17, 15) is 8.78 Å². The fraction of sp³-hybridized carbons (Fsp3) is 0.308. The number of aromatic nitrogens is 11. The predicted molar refractivity (Wildman–Crippen MR) is 278 cm³/mol. The summed E-state index contributed by atoms with van der Waals surface area (Å²) in [6.07, 6.45) is 7.10. The number of nitrogens with two attached hydrogens (primary N) is 3. The fourth-order valence-electron chi connectivity index (χ4n) is 12.0. The molecule has 0 spiro atoms. The SMILES string of the molecule is COc1ccc(-c2n[nH]c3nc(N4CC[C@@H]5[C@H](C4)[C@@]5(CN)c4ccccc4F)cnc23)nc1N.Cn1ccc(Oc2ccc(-c3n[nH]c4nc(N5CC[C@@H]6[C@H](C5)[C@@]6(CN)c5ccccc5F)cnc34)c(Cl)c2Cl)n1. The molecule has 6 aromatic heterocycles. The van der Waals surface area contributed by atoms with Crippen LogP contribution in [0.2, 0.25) is 10.0 Å². The number of ether oxygens (including phenoxy) is 2. The maximum Gasteiger partial charge on any atom is 0.238 e. The van der Waals surface area contributed by atoms with Gasteiger partial charge in [-0.05, 0) is 84.0 Å². The molecule has 6 atom stereocenters. The van der Waals surface area contributed by atoms with Gasteiger partial charge in [-0.2, -0.15) is 10.2 Å². The van der Waals surface area contributed by atoms with E-state index < -0.39 is 0 Å². The molecule has 2 saturated heterocycles. The zero-order valence-electron chi connectivity index (χ0n) is 40.2. The summed E-state index contributed by atoms with van der Waals surface area (Å²) < 4.78 is 42.0. The molecule has 8 N–H and O–H groups in total. The molecule has 22 heteroatoms. The van der Waals surface area contributed by atoms with Crippen molar-refractivity contribution in [1.29, 1.82) is 0 Å². The first-order chi connectivity index (χ1) is 36.0. The highest BCUT2D eigenvalue weighted by Gasteiger charge is 2.67. The molecule has 2 saturated carbocycles. The van der Waals surface area contributed by atoms with Crippen LogP contribution in [0.5, 0.6) is 17.4 Å². The summed E-state index contributed by atoms with van der Waals surface area (Å²) in [6, 6.07) is 22.8. The number of fused-ring (bicyclic) bond motifs is 4. The van der Waals surface area contributed by atoms with Gasteiger partial charge in [0.1, 0.15) is 56.5 Å². The van der Waals surface area contributed by atoms with E-state index in [4.69, 9.17) is 64.8 Å². The van der Waals surface area contributed by atoms with Crippen LogP contribution in [0.4, 0.5) is 26.2 Å². The van der Waals surface area contributed by atoms with Crippen LogP contribution in [0.15, 0.2) is 97.5 Å². The van der Waals surface area contributed by atoms with Gasteiger partial charge in [0.2, 0.25) is 5.88 Å². The maximum absolute atomic E-state index is 14.7. The first-order valence-electron chi connectivity index (χ1n) is 24.3. The van der Waals surface area contributed by atoms with Gasteiger partial charge in [0, 0.05) is 75.0 Å². The molecule has 3 aromatic carbocycles. The van der Waals surface area contributed by atoms with Crippen molar-refractivity contribution in [3.63, 3.8) is 0 Å². The number of piperidine rings is 2. The third kappa shape index (κ3) is 7.72. The second-order valence-corrected chi connectivity index (χ2v) is 20.0. The molecule has 4 aliphatic rings. The van der Waals surface area contributed by atoms with Crippen molar-refractivity contribution in [1.82, 2.24) is 55.1 Å². The van der Waals surface area contributed by atoms with Gasteiger partial charge in [-0.15, -0.1) is 5.10 Å². The number of halogens is 4. The Morgan fingerprint density at radius 2 is 1.24 bits per heavy atom. The highest BCUT2D eigenvalue weighted by atomic mass is 35.5. The van der Waals surface area contributed by atoms with Crippen LogP contribution >= 0.6 is 23.2 Å². The van der Waals surface area contributed by atoms with Gasteiger partial charge in [-0.3, -0.25) is 14.9 Å². The minimum absolute atomic E-state index is 0.173. The molecular weight excluding hydrogens is 990 g/mol. The van der Waals surface area contributed by atoms with Crippen molar-refractivity contribution in [2.24, 2.45) is 42.2 Å². The Balaban J connectivity index is 0.000000152.